The number of thiazole rings is 1. The summed E-state index contributed by atoms with van der Waals surface area (Å²) in [4.78, 5) is 21.8. The molecule has 1 fully saturated rings. The van der Waals surface area contributed by atoms with Crippen LogP contribution in [0.3, 0.4) is 0 Å². The second kappa shape index (κ2) is 13.0. The number of halogens is 3. The molecule has 1 saturated heterocycles. The number of nitrogens with zero attached hydrogens (tertiary/aromatic N) is 3. The molecule has 0 N–H and O–H groups in total. The molecule has 3 aromatic rings. The molecule has 0 radical (unpaired) electrons. The van der Waals surface area contributed by atoms with Crippen LogP contribution in [0.5, 0.6) is 5.75 Å². The van der Waals surface area contributed by atoms with Gasteiger partial charge in [0.15, 0.2) is 11.7 Å². The average molecular weight is 526 g/mol. The predicted octanol–water partition coefficient (Wildman–Crippen LogP) is 5.16. The van der Waals surface area contributed by atoms with Crippen molar-refractivity contribution in [3.63, 3.8) is 0 Å². The van der Waals surface area contributed by atoms with Gasteiger partial charge >= 0.3 is 0 Å². The zero-order chi connectivity index (χ0) is 23.0. The number of anilines is 1. The Balaban J connectivity index is 0.00000324. The third-order valence-corrected chi connectivity index (χ3v) is 6.42. The molecule has 0 atom stereocenters. The van der Waals surface area contributed by atoms with Gasteiger partial charge in [0.2, 0.25) is 0 Å². The van der Waals surface area contributed by atoms with Gasteiger partial charge in [0.1, 0.15) is 11.6 Å². The minimum absolute atomic E-state index is 0. The minimum atomic E-state index is -0.298. The minimum Gasteiger partial charge on any atom is -0.484 e. The molecule has 182 valence electrons. The molecule has 1 aliphatic rings. The third-order valence-electron chi connectivity index (χ3n) is 5.30. The van der Waals surface area contributed by atoms with Gasteiger partial charge < -0.3 is 9.47 Å². The van der Waals surface area contributed by atoms with Gasteiger partial charge in [-0.2, -0.15) is 0 Å². The summed E-state index contributed by atoms with van der Waals surface area (Å²) in [6, 6.07) is 13.1. The van der Waals surface area contributed by atoms with Gasteiger partial charge in [0.25, 0.3) is 5.91 Å². The van der Waals surface area contributed by atoms with Crippen LogP contribution in [0.4, 0.5) is 9.52 Å². The number of hydrogen-bond donors (Lipinski definition) is 0. The molecule has 0 aliphatic carbocycles. The van der Waals surface area contributed by atoms with E-state index >= 15 is 0 Å². The van der Waals surface area contributed by atoms with E-state index in [1.807, 2.05) is 5.38 Å². The van der Waals surface area contributed by atoms with Gasteiger partial charge in [-0.15, -0.1) is 23.7 Å². The van der Waals surface area contributed by atoms with E-state index in [1.54, 1.807) is 41.3 Å². The summed E-state index contributed by atoms with van der Waals surface area (Å²) in [5.74, 6) is 0.104. The lowest BCUT2D eigenvalue weighted by molar-refractivity contribution is -0.120. The molecule has 2 aromatic carbocycles. The number of ether oxygens (including phenoxy) is 2. The van der Waals surface area contributed by atoms with Gasteiger partial charge in [-0.3, -0.25) is 14.6 Å². The smallest absolute Gasteiger partial charge is 0.266 e. The second-order valence-electron chi connectivity index (χ2n) is 7.62. The summed E-state index contributed by atoms with van der Waals surface area (Å²) in [7, 11) is 0. The Hall–Kier alpha value is -2.23. The van der Waals surface area contributed by atoms with Gasteiger partial charge in [0.05, 0.1) is 18.9 Å². The van der Waals surface area contributed by atoms with Crippen LogP contribution in [0.25, 0.3) is 11.3 Å². The van der Waals surface area contributed by atoms with Crippen LogP contribution in [0, 0.1) is 5.82 Å². The van der Waals surface area contributed by atoms with Gasteiger partial charge in [0, 0.05) is 42.1 Å². The van der Waals surface area contributed by atoms with Crippen LogP contribution < -0.4 is 9.64 Å². The molecule has 0 bridgehead atoms. The van der Waals surface area contributed by atoms with Crippen molar-refractivity contribution < 1.29 is 18.7 Å². The van der Waals surface area contributed by atoms with Crippen molar-refractivity contribution in [2.45, 2.75) is 6.42 Å². The van der Waals surface area contributed by atoms with Crippen molar-refractivity contribution in [1.29, 1.82) is 0 Å². The van der Waals surface area contributed by atoms with E-state index in [4.69, 9.17) is 21.1 Å². The first-order valence-electron chi connectivity index (χ1n) is 10.8. The highest BCUT2D eigenvalue weighted by Gasteiger charge is 2.21. The van der Waals surface area contributed by atoms with E-state index in [0.717, 1.165) is 44.8 Å². The Kier molecular flexibility index (Phi) is 10.1. The SMILES string of the molecule is Cl.O=C(COc1ccc(Cl)cc1)N(CCCN1CCOCC1)c1nc(-c2ccc(F)cc2)cs1. The van der Waals surface area contributed by atoms with Gasteiger partial charge in [-0.05, 0) is 55.0 Å². The number of rotatable bonds is 9. The van der Waals surface area contributed by atoms with E-state index in [2.05, 4.69) is 9.88 Å². The molecule has 0 saturated carbocycles. The number of hydrogen-bond acceptors (Lipinski definition) is 6. The molecule has 34 heavy (non-hydrogen) atoms. The lowest BCUT2D eigenvalue weighted by Gasteiger charge is -2.27. The van der Waals surface area contributed by atoms with Crippen LogP contribution in [0.2, 0.25) is 5.02 Å². The molecule has 2 heterocycles. The predicted molar refractivity (Wildman–Crippen MR) is 136 cm³/mol. The Morgan fingerprint density at radius 2 is 1.85 bits per heavy atom. The van der Waals surface area contributed by atoms with E-state index in [1.165, 1.54) is 23.5 Å². The van der Waals surface area contributed by atoms with Crippen molar-refractivity contribution >= 4 is 46.4 Å². The van der Waals surface area contributed by atoms with Crippen LogP contribution in [0.15, 0.2) is 53.9 Å². The Bertz CT molecular complexity index is 1040. The number of benzene rings is 2. The summed E-state index contributed by atoms with van der Waals surface area (Å²) in [5, 5.41) is 3.08. The van der Waals surface area contributed by atoms with Crippen LogP contribution in [-0.4, -0.2) is 61.8 Å². The fourth-order valence-electron chi connectivity index (χ4n) is 3.50. The van der Waals surface area contributed by atoms with Crippen molar-refractivity contribution in [3.8, 4) is 17.0 Å². The lowest BCUT2D eigenvalue weighted by atomic mass is 10.2. The van der Waals surface area contributed by atoms with Crippen LogP contribution >= 0.6 is 35.3 Å². The normalized spacial score (nSPS) is 13.8. The number of morpholine rings is 1. The number of amides is 1. The fraction of sp³-hybridized carbons (Fsp3) is 0.333. The monoisotopic (exact) mass is 525 g/mol. The zero-order valence-corrected chi connectivity index (χ0v) is 20.9. The quantitative estimate of drug-likeness (QED) is 0.386. The largest absolute Gasteiger partial charge is 0.484 e. The summed E-state index contributed by atoms with van der Waals surface area (Å²) >= 11 is 7.31. The van der Waals surface area contributed by atoms with E-state index in [-0.39, 0.29) is 30.7 Å². The van der Waals surface area contributed by atoms with Crippen LogP contribution in [0.1, 0.15) is 6.42 Å². The van der Waals surface area contributed by atoms with Crippen LogP contribution in [-0.2, 0) is 9.53 Å². The maximum Gasteiger partial charge on any atom is 0.266 e. The molecule has 1 aromatic heterocycles. The third kappa shape index (κ3) is 7.38. The molecule has 10 heteroatoms. The summed E-state index contributed by atoms with van der Waals surface area (Å²) < 4.78 is 24.4. The highest BCUT2D eigenvalue weighted by atomic mass is 35.5. The molecular formula is C24H26Cl2FN3O3S. The zero-order valence-electron chi connectivity index (χ0n) is 18.5. The maximum atomic E-state index is 13.3. The molecular weight excluding hydrogens is 500 g/mol. The van der Waals surface area contributed by atoms with Gasteiger partial charge in [-0.1, -0.05) is 11.6 Å². The molecule has 6 nitrogen and oxygen atoms in total. The molecule has 0 spiro atoms. The lowest BCUT2D eigenvalue weighted by Crippen LogP contribution is -2.40. The number of carbonyl (C=O) groups is 1. The molecule has 1 aliphatic heterocycles. The molecule has 0 unspecified atom stereocenters. The summed E-state index contributed by atoms with van der Waals surface area (Å²) in [6.45, 7) is 4.58. The summed E-state index contributed by atoms with van der Waals surface area (Å²) in [6.07, 6.45) is 0.804. The van der Waals surface area contributed by atoms with Crippen molar-refractivity contribution in [3.05, 3.63) is 64.8 Å². The fourth-order valence-corrected chi connectivity index (χ4v) is 4.50. The Morgan fingerprint density at radius 3 is 2.56 bits per heavy atom. The van der Waals surface area contributed by atoms with E-state index in [0.29, 0.717) is 28.1 Å². The maximum absolute atomic E-state index is 13.3. The Labute approximate surface area is 213 Å². The van der Waals surface area contributed by atoms with Crippen molar-refractivity contribution in [2.24, 2.45) is 0 Å². The number of carbonyl (C=O) groups excluding carboxylic acids is 1. The standard InChI is InChI=1S/C24H25ClFN3O3S.ClH/c25-19-4-8-21(9-5-19)32-16-23(30)29(11-1-10-28-12-14-31-15-13-28)24-27-22(17-33-24)18-2-6-20(26)7-3-18;/h2-9,17H,1,10-16H2;1H. The highest BCUT2D eigenvalue weighted by molar-refractivity contribution is 7.14. The van der Waals surface area contributed by atoms with Crippen molar-refractivity contribution in [2.75, 3.05) is 50.9 Å². The average Bonchev–Trinajstić information content (AvgIpc) is 3.32. The topological polar surface area (TPSA) is 54.9 Å². The van der Waals surface area contributed by atoms with E-state index < -0.39 is 0 Å². The van der Waals surface area contributed by atoms with E-state index in [9.17, 15) is 9.18 Å². The Morgan fingerprint density at radius 1 is 1.15 bits per heavy atom. The highest BCUT2D eigenvalue weighted by Crippen LogP contribution is 2.28. The van der Waals surface area contributed by atoms with Crippen molar-refractivity contribution in [1.82, 2.24) is 9.88 Å². The van der Waals surface area contributed by atoms with Gasteiger partial charge in [-0.25, -0.2) is 9.37 Å². The molecule has 1 amide bonds. The summed E-state index contributed by atoms with van der Waals surface area (Å²) in [5.41, 5.74) is 1.51. The first-order chi connectivity index (χ1) is 16.1. The first kappa shape index (κ1) is 26.4. The molecule has 4 rings (SSSR count). The number of aromatic nitrogens is 1. The second-order valence-corrected chi connectivity index (χ2v) is 8.89. The first-order valence-corrected chi connectivity index (χ1v) is 12.0.